The van der Waals surface area contributed by atoms with Gasteiger partial charge >= 0.3 is 0 Å². The van der Waals surface area contributed by atoms with Gasteiger partial charge in [0, 0.05) is 7.05 Å². The fourth-order valence-electron chi connectivity index (χ4n) is 2.26. The van der Waals surface area contributed by atoms with Crippen molar-refractivity contribution < 1.29 is 0 Å². The SMILES string of the molecule is CNC(=S)Nc1nc2ccccc2n1Cc1ccccc1. The summed E-state index contributed by atoms with van der Waals surface area (Å²) in [6.07, 6.45) is 0. The second-order valence-corrected chi connectivity index (χ2v) is 5.11. The molecule has 0 saturated carbocycles. The number of imidazole rings is 1. The van der Waals surface area contributed by atoms with Gasteiger partial charge in [0.2, 0.25) is 5.95 Å². The van der Waals surface area contributed by atoms with Crippen molar-refractivity contribution in [2.75, 3.05) is 12.4 Å². The van der Waals surface area contributed by atoms with Crippen LogP contribution in [0.3, 0.4) is 0 Å². The summed E-state index contributed by atoms with van der Waals surface area (Å²) in [6.45, 7) is 0.746. The lowest BCUT2D eigenvalue weighted by molar-refractivity contribution is 0.835. The molecule has 0 aliphatic carbocycles. The Morgan fingerprint density at radius 1 is 1.10 bits per heavy atom. The average Bonchev–Trinajstić information content (AvgIpc) is 2.86. The van der Waals surface area contributed by atoms with Crippen molar-refractivity contribution in [2.45, 2.75) is 6.54 Å². The van der Waals surface area contributed by atoms with Crippen LogP contribution in [0.1, 0.15) is 5.56 Å². The van der Waals surface area contributed by atoms with Gasteiger partial charge in [-0.25, -0.2) is 4.98 Å². The van der Waals surface area contributed by atoms with E-state index in [2.05, 4.69) is 38.4 Å². The Labute approximate surface area is 128 Å². The van der Waals surface area contributed by atoms with Crippen LogP contribution in [0, 0.1) is 0 Å². The standard InChI is InChI=1S/C16H16N4S/c1-17-16(21)19-15-18-13-9-5-6-10-14(13)20(15)11-12-7-3-2-4-8-12/h2-10H,11H2,1H3,(H2,17,18,19,21). The van der Waals surface area contributed by atoms with Crippen molar-refractivity contribution in [1.29, 1.82) is 0 Å². The number of thiocarbonyl (C=S) groups is 1. The molecule has 2 N–H and O–H groups in total. The number of nitrogens with zero attached hydrogens (tertiary/aromatic N) is 2. The summed E-state index contributed by atoms with van der Waals surface area (Å²) in [5.41, 5.74) is 3.26. The van der Waals surface area contributed by atoms with Crippen molar-refractivity contribution in [3.63, 3.8) is 0 Å². The quantitative estimate of drug-likeness (QED) is 0.729. The van der Waals surface area contributed by atoms with Crippen molar-refractivity contribution in [3.8, 4) is 0 Å². The van der Waals surface area contributed by atoms with E-state index >= 15 is 0 Å². The third-order valence-electron chi connectivity index (χ3n) is 3.29. The highest BCUT2D eigenvalue weighted by Crippen LogP contribution is 2.21. The van der Waals surface area contributed by atoms with E-state index in [0.29, 0.717) is 5.11 Å². The third-order valence-corrected chi connectivity index (χ3v) is 3.60. The monoisotopic (exact) mass is 296 g/mol. The molecule has 0 spiro atoms. The number of hydrogen-bond donors (Lipinski definition) is 2. The summed E-state index contributed by atoms with van der Waals surface area (Å²) >= 11 is 5.19. The molecule has 2 aromatic carbocycles. The first-order valence-electron chi connectivity index (χ1n) is 6.76. The highest BCUT2D eigenvalue weighted by atomic mass is 32.1. The summed E-state index contributed by atoms with van der Waals surface area (Å²) in [5, 5.41) is 6.61. The Morgan fingerprint density at radius 3 is 2.57 bits per heavy atom. The average molecular weight is 296 g/mol. The molecule has 0 unspecified atom stereocenters. The Bertz CT molecular complexity index is 764. The molecular weight excluding hydrogens is 280 g/mol. The van der Waals surface area contributed by atoms with Crippen LogP contribution in [0.2, 0.25) is 0 Å². The van der Waals surface area contributed by atoms with Crippen LogP contribution in [0.25, 0.3) is 11.0 Å². The highest BCUT2D eigenvalue weighted by Gasteiger charge is 2.11. The van der Waals surface area contributed by atoms with Crippen molar-refractivity contribution in [2.24, 2.45) is 0 Å². The zero-order valence-electron chi connectivity index (χ0n) is 11.7. The lowest BCUT2D eigenvalue weighted by Gasteiger charge is -2.11. The molecule has 0 fully saturated rings. The van der Waals surface area contributed by atoms with Gasteiger partial charge in [0.1, 0.15) is 0 Å². The first-order chi connectivity index (χ1) is 10.3. The lowest BCUT2D eigenvalue weighted by Crippen LogP contribution is -2.26. The summed E-state index contributed by atoms with van der Waals surface area (Å²) in [6, 6.07) is 18.4. The van der Waals surface area contributed by atoms with Gasteiger partial charge in [0.05, 0.1) is 17.6 Å². The Balaban J connectivity index is 2.05. The number of fused-ring (bicyclic) bond motifs is 1. The van der Waals surface area contributed by atoms with Gasteiger partial charge < -0.3 is 15.2 Å². The van der Waals surface area contributed by atoms with Gasteiger partial charge in [-0.15, -0.1) is 0 Å². The van der Waals surface area contributed by atoms with Gasteiger partial charge in [0.15, 0.2) is 5.11 Å². The highest BCUT2D eigenvalue weighted by molar-refractivity contribution is 7.80. The van der Waals surface area contributed by atoms with E-state index < -0.39 is 0 Å². The van der Waals surface area contributed by atoms with Crippen LogP contribution in [0.15, 0.2) is 54.6 Å². The molecule has 4 nitrogen and oxygen atoms in total. The third kappa shape index (κ3) is 2.87. The van der Waals surface area contributed by atoms with Crippen molar-refractivity contribution >= 4 is 34.3 Å². The zero-order chi connectivity index (χ0) is 14.7. The zero-order valence-corrected chi connectivity index (χ0v) is 12.5. The predicted molar refractivity (Wildman–Crippen MR) is 90.6 cm³/mol. The van der Waals surface area contributed by atoms with Crippen LogP contribution in [0.4, 0.5) is 5.95 Å². The van der Waals surface area contributed by atoms with Gasteiger partial charge in [-0.3, -0.25) is 0 Å². The molecule has 0 amide bonds. The van der Waals surface area contributed by atoms with Crippen molar-refractivity contribution in [3.05, 3.63) is 60.2 Å². The Morgan fingerprint density at radius 2 is 1.81 bits per heavy atom. The molecule has 1 heterocycles. The molecule has 21 heavy (non-hydrogen) atoms. The number of nitrogens with one attached hydrogen (secondary N) is 2. The fourth-order valence-corrected chi connectivity index (χ4v) is 2.35. The lowest BCUT2D eigenvalue weighted by atomic mass is 10.2. The van der Waals surface area contributed by atoms with Crippen LogP contribution in [-0.2, 0) is 6.54 Å². The first-order valence-corrected chi connectivity index (χ1v) is 7.16. The molecule has 106 valence electrons. The van der Waals surface area contributed by atoms with Gasteiger partial charge in [-0.2, -0.15) is 0 Å². The minimum absolute atomic E-state index is 0.555. The minimum Gasteiger partial charge on any atom is -0.365 e. The maximum absolute atomic E-state index is 5.19. The van der Waals surface area contributed by atoms with Crippen LogP contribution in [-0.4, -0.2) is 21.7 Å². The number of anilines is 1. The Hall–Kier alpha value is -2.40. The molecule has 0 saturated heterocycles. The summed E-state index contributed by atoms with van der Waals surface area (Å²) < 4.78 is 2.13. The number of para-hydroxylation sites is 2. The van der Waals surface area contributed by atoms with E-state index in [1.807, 2.05) is 36.4 Å². The van der Waals surface area contributed by atoms with Crippen LogP contribution in [0.5, 0.6) is 0 Å². The molecule has 5 heteroatoms. The number of rotatable bonds is 3. The largest absolute Gasteiger partial charge is 0.365 e. The van der Waals surface area contributed by atoms with E-state index in [1.165, 1.54) is 5.56 Å². The fraction of sp³-hybridized carbons (Fsp3) is 0.125. The second kappa shape index (κ2) is 5.93. The molecule has 0 aliphatic heterocycles. The molecular formula is C16H16N4S. The molecule has 0 bridgehead atoms. The maximum atomic E-state index is 5.19. The minimum atomic E-state index is 0.555. The normalized spacial score (nSPS) is 10.5. The smallest absolute Gasteiger partial charge is 0.210 e. The van der Waals surface area contributed by atoms with E-state index in [1.54, 1.807) is 7.05 Å². The molecule has 0 atom stereocenters. The first kappa shape index (κ1) is 13.6. The predicted octanol–water partition coefficient (Wildman–Crippen LogP) is 3.00. The van der Waals surface area contributed by atoms with Crippen LogP contribution < -0.4 is 10.6 Å². The van der Waals surface area contributed by atoms with E-state index in [0.717, 1.165) is 23.5 Å². The van der Waals surface area contributed by atoms with Crippen LogP contribution >= 0.6 is 12.2 Å². The number of aromatic nitrogens is 2. The summed E-state index contributed by atoms with van der Waals surface area (Å²) in [7, 11) is 1.79. The van der Waals surface area contributed by atoms with Gasteiger partial charge in [-0.05, 0) is 29.9 Å². The maximum Gasteiger partial charge on any atom is 0.210 e. The number of benzene rings is 2. The molecule has 0 radical (unpaired) electrons. The number of hydrogen-bond acceptors (Lipinski definition) is 2. The second-order valence-electron chi connectivity index (χ2n) is 4.70. The molecule has 3 rings (SSSR count). The van der Waals surface area contributed by atoms with E-state index in [-0.39, 0.29) is 0 Å². The van der Waals surface area contributed by atoms with E-state index in [4.69, 9.17) is 12.2 Å². The molecule has 3 aromatic rings. The summed E-state index contributed by atoms with van der Waals surface area (Å²) in [5.74, 6) is 0.749. The molecule has 1 aromatic heterocycles. The summed E-state index contributed by atoms with van der Waals surface area (Å²) in [4.78, 5) is 4.62. The van der Waals surface area contributed by atoms with Gasteiger partial charge in [-0.1, -0.05) is 42.5 Å². The topological polar surface area (TPSA) is 41.9 Å². The van der Waals surface area contributed by atoms with E-state index in [9.17, 15) is 0 Å². The van der Waals surface area contributed by atoms with Gasteiger partial charge in [0.25, 0.3) is 0 Å². The Kier molecular flexibility index (Phi) is 3.83. The molecule has 0 aliphatic rings. The van der Waals surface area contributed by atoms with Crippen molar-refractivity contribution in [1.82, 2.24) is 14.9 Å².